The summed E-state index contributed by atoms with van der Waals surface area (Å²) in [5.41, 5.74) is 0. The summed E-state index contributed by atoms with van der Waals surface area (Å²) >= 11 is 0. The normalized spacial score (nSPS) is 31.1. The Morgan fingerprint density at radius 2 is 1.89 bits per heavy atom. The molecule has 0 radical (unpaired) electrons. The monoisotopic (exact) mass is 270 g/mol. The first-order valence-electron chi connectivity index (χ1n) is 6.93. The summed E-state index contributed by atoms with van der Waals surface area (Å²) in [6, 6.07) is 0.170. The van der Waals surface area contributed by atoms with Crippen LogP contribution in [0.3, 0.4) is 0 Å². The SMILES string of the molecule is CC(CNC(=O)N1C2CCC1CC(O)C2)CC(=O)O. The van der Waals surface area contributed by atoms with Crippen LogP contribution in [0.15, 0.2) is 0 Å². The van der Waals surface area contributed by atoms with Crippen molar-refractivity contribution in [1.29, 1.82) is 0 Å². The molecule has 0 aromatic rings. The van der Waals surface area contributed by atoms with Crippen molar-refractivity contribution in [2.45, 2.75) is 57.2 Å². The number of urea groups is 1. The summed E-state index contributed by atoms with van der Waals surface area (Å²) in [5.74, 6) is -0.919. The molecule has 108 valence electrons. The zero-order valence-corrected chi connectivity index (χ0v) is 11.2. The molecule has 2 bridgehead atoms. The van der Waals surface area contributed by atoms with Crippen molar-refractivity contribution >= 4 is 12.0 Å². The highest BCUT2D eigenvalue weighted by Gasteiger charge is 2.42. The van der Waals surface area contributed by atoms with Crippen LogP contribution < -0.4 is 5.32 Å². The van der Waals surface area contributed by atoms with E-state index in [1.165, 1.54) is 0 Å². The lowest BCUT2D eigenvalue weighted by atomic mass is 10.0. The van der Waals surface area contributed by atoms with E-state index in [1.807, 2.05) is 11.8 Å². The number of aliphatic hydroxyl groups is 1. The fourth-order valence-electron chi connectivity index (χ4n) is 3.20. The number of fused-ring (bicyclic) bond motifs is 2. The van der Waals surface area contributed by atoms with Gasteiger partial charge in [0.05, 0.1) is 6.10 Å². The summed E-state index contributed by atoms with van der Waals surface area (Å²) in [6.07, 6.45) is 3.02. The Hall–Kier alpha value is -1.30. The van der Waals surface area contributed by atoms with Gasteiger partial charge in [-0.25, -0.2) is 4.79 Å². The lowest BCUT2D eigenvalue weighted by Gasteiger charge is -2.37. The minimum atomic E-state index is -0.845. The molecule has 3 atom stereocenters. The zero-order chi connectivity index (χ0) is 14.0. The van der Waals surface area contributed by atoms with Crippen molar-refractivity contribution in [2.24, 2.45) is 5.92 Å². The molecule has 6 heteroatoms. The van der Waals surface area contributed by atoms with Crippen molar-refractivity contribution in [1.82, 2.24) is 10.2 Å². The van der Waals surface area contributed by atoms with Crippen molar-refractivity contribution < 1.29 is 19.8 Å². The van der Waals surface area contributed by atoms with E-state index < -0.39 is 5.97 Å². The predicted octanol–water partition coefficient (Wildman–Crippen LogP) is 0.794. The topological polar surface area (TPSA) is 89.9 Å². The van der Waals surface area contributed by atoms with Gasteiger partial charge in [0.25, 0.3) is 0 Å². The molecule has 6 nitrogen and oxygen atoms in total. The molecule has 2 aliphatic rings. The third kappa shape index (κ3) is 3.37. The van der Waals surface area contributed by atoms with Gasteiger partial charge < -0.3 is 20.4 Å². The largest absolute Gasteiger partial charge is 0.481 e. The summed E-state index contributed by atoms with van der Waals surface area (Å²) in [4.78, 5) is 24.5. The summed E-state index contributed by atoms with van der Waals surface area (Å²) < 4.78 is 0. The summed E-state index contributed by atoms with van der Waals surface area (Å²) in [7, 11) is 0. The molecule has 2 heterocycles. The molecule has 0 aromatic heterocycles. The molecule has 19 heavy (non-hydrogen) atoms. The molecule has 2 amide bonds. The number of carbonyl (C=O) groups is 2. The number of carboxylic acid groups (broad SMARTS) is 1. The van der Waals surface area contributed by atoms with Crippen LogP contribution >= 0.6 is 0 Å². The predicted molar refractivity (Wildman–Crippen MR) is 68.7 cm³/mol. The minimum Gasteiger partial charge on any atom is -0.481 e. The first-order valence-corrected chi connectivity index (χ1v) is 6.93. The van der Waals surface area contributed by atoms with Crippen LogP contribution in [-0.4, -0.2) is 51.8 Å². The summed E-state index contributed by atoms with van der Waals surface area (Å²) in [5, 5.41) is 21.2. The molecule has 2 fully saturated rings. The van der Waals surface area contributed by atoms with Crippen LogP contribution in [0.5, 0.6) is 0 Å². The van der Waals surface area contributed by atoms with Gasteiger partial charge in [0, 0.05) is 25.0 Å². The van der Waals surface area contributed by atoms with Crippen molar-refractivity contribution in [3.05, 3.63) is 0 Å². The first-order chi connectivity index (χ1) is 8.97. The van der Waals surface area contributed by atoms with Crippen molar-refractivity contribution in [3.63, 3.8) is 0 Å². The second kappa shape index (κ2) is 5.77. The second-order valence-corrected chi connectivity index (χ2v) is 5.81. The van der Waals surface area contributed by atoms with Gasteiger partial charge in [-0.15, -0.1) is 0 Å². The molecular weight excluding hydrogens is 248 g/mol. The van der Waals surface area contributed by atoms with Gasteiger partial charge in [-0.1, -0.05) is 6.92 Å². The maximum atomic E-state index is 12.1. The Balaban J connectivity index is 1.82. The molecule has 2 aliphatic heterocycles. The molecule has 3 N–H and O–H groups in total. The first kappa shape index (κ1) is 14.1. The summed E-state index contributed by atoms with van der Waals surface area (Å²) in [6.45, 7) is 2.19. The Morgan fingerprint density at radius 3 is 2.42 bits per heavy atom. The Morgan fingerprint density at radius 1 is 1.32 bits per heavy atom. The molecule has 0 spiro atoms. The van der Waals surface area contributed by atoms with Crippen LogP contribution in [0.4, 0.5) is 4.79 Å². The van der Waals surface area contributed by atoms with Crippen LogP contribution in [0.1, 0.15) is 39.0 Å². The third-order valence-corrected chi connectivity index (χ3v) is 4.07. The van der Waals surface area contributed by atoms with Gasteiger partial charge >= 0.3 is 12.0 Å². The van der Waals surface area contributed by atoms with Gasteiger partial charge in [0.2, 0.25) is 0 Å². The van der Waals surface area contributed by atoms with E-state index in [0.29, 0.717) is 19.4 Å². The van der Waals surface area contributed by atoms with Crippen LogP contribution in [0.2, 0.25) is 0 Å². The van der Waals surface area contributed by atoms with Crippen molar-refractivity contribution in [2.75, 3.05) is 6.54 Å². The number of hydrogen-bond acceptors (Lipinski definition) is 3. The van der Waals surface area contributed by atoms with Gasteiger partial charge in [0.15, 0.2) is 0 Å². The van der Waals surface area contributed by atoms with Crippen LogP contribution in [-0.2, 0) is 4.79 Å². The maximum absolute atomic E-state index is 12.1. The molecular formula is C13H22N2O4. The van der Waals surface area contributed by atoms with E-state index >= 15 is 0 Å². The number of rotatable bonds is 4. The number of aliphatic carboxylic acids is 1. The number of piperidine rings is 1. The van der Waals surface area contributed by atoms with E-state index in [9.17, 15) is 14.7 Å². The number of hydrogen-bond donors (Lipinski definition) is 3. The number of amides is 2. The maximum Gasteiger partial charge on any atom is 0.317 e. The van der Waals surface area contributed by atoms with E-state index in [-0.39, 0.29) is 36.6 Å². The number of carbonyl (C=O) groups excluding carboxylic acids is 1. The smallest absolute Gasteiger partial charge is 0.317 e. The number of nitrogens with one attached hydrogen (secondary N) is 1. The van der Waals surface area contributed by atoms with E-state index in [0.717, 1.165) is 12.8 Å². The van der Waals surface area contributed by atoms with Gasteiger partial charge in [-0.2, -0.15) is 0 Å². The Bertz CT molecular complexity index is 347. The third-order valence-electron chi connectivity index (χ3n) is 4.07. The number of carboxylic acids is 1. The molecule has 2 saturated heterocycles. The van der Waals surface area contributed by atoms with E-state index in [1.54, 1.807) is 0 Å². The van der Waals surface area contributed by atoms with Crippen LogP contribution in [0.25, 0.3) is 0 Å². The Kier molecular flexibility index (Phi) is 4.29. The zero-order valence-electron chi connectivity index (χ0n) is 11.2. The average molecular weight is 270 g/mol. The van der Waals surface area contributed by atoms with Crippen molar-refractivity contribution in [3.8, 4) is 0 Å². The molecule has 0 saturated carbocycles. The molecule has 0 aliphatic carbocycles. The second-order valence-electron chi connectivity index (χ2n) is 5.81. The van der Waals surface area contributed by atoms with E-state index in [4.69, 9.17) is 5.11 Å². The highest BCUT2D eigenvalue weighted by molar-refractivity contribution is 5.75. The fourth-order valence-corrected chi connectivity index (χ4v) is 3.20. The number of aliphatic hydroxyl groups excluding tert-OH is 1. The standard InChI is InChI=1S/C13H22N2O4/c1-8(4-12(17)18)7-14-13(19)15-9-2-3-10(15)6-11(16)5-9/h8-11,16H,2-7H2,1H3,(H,14,19)(H,17,18). The Labute approximate surface area is 112 Å². The van der Waals surface area contributed by atoms with Gasteiger partial charge in [0.1, 0.15) is 0 Å². The van der Waals surface area contributed by atoms with Gasteiger partial charge in [-0.05, 0) is 31.6 Å². The molecule has 2 rings (SSSR count). The molecule has 0 aromatic carbocycles. The number of nitrogens with zero attached hydrogens (tertiary/aromatic N) is 1. The van der Waals surface area contributed by atoms with E-state index in [2.05, 4.69) is 5.32 Å². The highest BCUT2D eigenvalue weighted by atomic mass is 16.4. The highest BCUT2D eigenvalue weighted by Crippen LogP contribution is 2.35. The molecule has 3 unspecified atom stereocenters. The average Bonchev–Trinajstić information content (AvgIpc) is 2.58. The quantitative estimate of drug-likeness (QED) is 0.704. The lowest BCUT2D eigenvalue weighted by Crippen LogP contribution is -2.52. The minimum absolute atomic E-state index is 0.0614. The van der Waals surface area contributed by atoms with Crippen LogP contribution in [0, 0.1) is 5.92 Å². The van der Waals surface area contributed by atoms with Gasteiger partial charge in [-0.3, -0.25) is 4.79 Å². The lowest BCUT2D eigenvalue weighted by molar-refractivity contribution is -0.137. The fraction of sp³-hybridized carbons (Fsp3) is 0.846.